The number of alkyl halides is 2. The van der Waals surface area contributed by atoms with Crippen LogP contribution in [0.5, 0.6) is 11.6 Å². The molecular formula is C20H19F2N3O6. The number of nitrogens with two attached hydrogens (primary N) is 1. The van der Waals surface area contributed by atoms with Crippen molar-refractivity contribution < 1.29 is 37.4 Å². The first-order chi connectivity index (χ1) is 14.8. The molecule has 9 nitrogen and oxygen atoms in total. The topological polar surface area (TPSA) is 137 Å². The van der Waals surface area contributed by atoms with Crippen LogP contribution < -0.4 is 20.5 Å². The predicted molar refractivity (Wildman–Crippen MR) is 104 cm³/mol. The molecule has 2 aromatic heterocycles. The summed E-state index contributed by atoms with van der Waals surface area (Å²) < 4.78 is 40.7. The van der Waals surface area contributed by atoms with Crippen LogP contribution in [0.25, 0.3) is 11.0 Å². The zero-order chi connectivity index (χ0) is 22.5. The minimum Gasteiger partial charge on any atom is -0.489 e. The Morgan fingerprint density at radius 1 is 1.32 bits per heavy atom. The van der Waals surface area contributed by atoms with Crippen molar-refractivity contribution in [2.24, 2.45) is 5.73 Å². The molecule has 3 aromatic rings. The fraction of sp³-hybridized carbons (Fsp3) is 0.250. The van der Waals surface area contributed by atoms with Gasteiger partial charge in [-0.25, -0.2) is 4.98 Å². The highest BCUT2D eigenvalue weighted by atomic mass is 19.3. The van der Waals surface area contributed by atoms with Crippen molar-refractivity contribution in [2.75, 3.05) is 6.61 Å². The van der Waals surface area contributed by atoms with Gasteiger partial charge in [0.2, 0.25) is 11.8 Å². The summed E-state index contributed by atoms with van der Waals surface area (Å²) >= 11 is 0. The maximum Gasteiger partial charge on any atom is 0.388 e. The van der Waals surface area contributed by atoms with Crippen LogP contribution in [0, 0.1) is 6.92 Å². The maximum absolute atomic E-state index is 12.6. The van der Waals surface area contributed by atoms with Crippen molar-refractivity contribution in [3.8, 4) is 11.6 Å². The number of carbonyl (C=O) groups excluding carboxylic acids is 2. The first-order valence-corrected chi connectivity index (χ1v) is 9.05. The van der Waals surface area contributed by atoms with Gasteiger partial charge in [0.1, 0.15) is 29.7 Å². The number of rotatable bonds is 9. The second-order valence-corrected chi connectivity index (χ2v) is 6.44. The molecule has 1 atom stereocenters. The molecule has 11 heteroatoms. The van der Waals surface area contributed by atoms with Crippen LogP contribution in [0.4, 0.5) is 8.78 Å². The normalized spacial score (nSPS) is 12.0. The van der Waals surface area contributed by atoms with E-state index in [-0.39, 0.29) is 23.8 Å². The highest BCUT2D eigenvalue weighted by molar-refractivity contribution is 6.08. The summed E-state index contributed by atoms with van der Waals surface area (Å²) in [7, 11) is 0. The van der Waals surface area contributed by atoms with Crippen LogP contribution >= 0.6 is 0 Å². The van der Waals surface area contributed by atoms with Crippen LogP contribution in [0.1, 0.15) is 21.7 Å². The number of aliphatic hydroxyl groups excluding tert-OH is 1. The van der Waals surface area contributed by atoms with E-state index in [0.717, 1.165) is 0 Å². The van der Waals surface area contributed by atoms with Crippen LogP contribution in [-0.2, 0) is 11.4 Å². The van der Waals surface area contributed by atoms with Crippen LogP contribution in [-0.4, -0.2) is 41.2 Å². The van der Waals surface area contributed by atoms with Crippen molar-refractivity contribution in [3.05, 3.63) is 53.4 Å². The van der Waals surface area contributed by atoms with Crippen molar-refractivity contribution in [1.29, 1.82) is 0 Å². The van der Waals surface area contributed by atoms with Gasteiger partial charge >= 0.3 is 6.61 Å². The number of pyridine rings is 1. The molecule has 1 aromatic carbocycles. The third-order valence-corrected chi connectivity index (χ3v) is 4.34. The SMILES string of the molecule is Cc1oc2ccc(OCc3cccnc3OC(F)F)cc2c1C(=O)NC(CO)C(N)=O. The summed E-state index contributed by atoms with van der Waals surface area (Å²) in [5.41, 5.74) is 5.97. The summed E-state index contributed by atoms with van der Waals surface area (Å²) in [6.07, 6.45) is 1.32. The lowest BCUT2D eigenvalue weighted by Gasteiger charge is -2.12. The first kappa shape index (κ1) is 22.0. The third kappa shape index (κ3) is 5.07. The Morgan fingerprint density at radius 3 is 2.77 bits per heavy atom. The molecule has 31 heavy (non-hydrogen) atoms. The average Bonchev–Trinajstić information content (AvgIpc) is 3.05. The smallest absolute Gasteiger partial charge is 0.388 e. The molecule has 0 bridgehead atoms. The van der Waals surface area contributed by atoms with E-state index in [9.17, 15) is 23.5 Å². The fourth-order valence-electron chi connectivity index (χ4n) is 2.89. The molecule has 2 heterocycles. The van der Waals surface area contributed by atoms with Crippen molar-refractivity contribution in [1.82, 2.24) is 10.3 Å². The third-order valence-electron chi connectivity index (χ3n) is 4.34. The average molecular weight is 435 g/mol. The molecule has 0 radical (unpaired) electrons. The van der Waals surface area contributed by atoms with E-state index >= 15 is 0 Å². The molecule has 0 saturated carbocycles. The molecule has 0 fully saturated rings. The number of nitrogens with one attached hydrogen (secondary N) is 1. The number of hydrogen-bond acceptors (Lipinski definition) is 7. The summed E-state index contributed by atoms with van der Waals surface area (Å²) in [4.78, 5) is 27.7. The van der Waals surface area contributed by atoms with Gasteiger partial charge in [-0.1, -0.05) is 0 Å². The summed E-state index contributed by atoms with van der Waals surface area (Å²) in [6, 6.07) is 6.52. The second kappa shape index (κ2) is 9.39. The molecule has 2 amide bonds. The zero-order valence-electron chi connectivity index (χ0n) is 16.3. The van der Waals surface area contributed by atoms with E-state index in [0.29, 0.717) is 22.3 Å². The van der Waals surface area contributed by atoms with E-state index in [1.165, 1.54) is 18.3 Å². The van der Waals surface area contributed by atoms with Crippen molar-refractivity contribution >= 4 is 22.8 Å². The highest BCUT2D eigenvalue weighted by Gasteiger charge is 2.23. The van der Waals surface area contributed by atoms with Gasteiger partial charge in [0.15, 0.2) is 0 Å². The first-order valence-electron chi connectivity index (χ1n) is 9.05. The number of hydrogen-bond donors (Lipinski definition) is 3. The van der Waals surface area contributed by atoms with Gasteiger partial charge in [-0.05, 0) is 37.3 Å². The van der Waals surface area contributed by atoms with Gasteiger partial charge in [-0.2, -0.15) is 8.78 Å². The maximum atomic E-state index is 12.6. The molecule has 1 unspecified atom stereocenters. The van der Waals surface area contributed by atoms with E-state index in [1.54, 1.807) is 25.1 Å². The lowest BCUT2D eigenvalue weighted by atomic mass is 10.1. The molecule has 0 aliphatic carbocycles. The van der Waals surface area contributed by atoms with Crippen LogP contribution in [0.2, 0.25) is 0 Å². The van der Waals surface area contributed by atoms with Crippen LogP contribution in [0.15, 0.2) is 40.9 Å². The molecule has 3 rings (SSSR count). The Bertz CT molecular complexity index is 1100. The van der Waals surface area contributed by atoms with Gasteiger partial charge in [0.25, 0.3) is 5.91 Å². The molecule has 4 N–H and O–H groups in total. The quantitative estimate of drug-likeness (QED) is 0.467. The number of aryl methyl sites for hydroxylation is 1. The van der Waals surface area contributed by atoms with Gasteiger partial charge < -0.3 is 30.0 Å². The molecule has 0 aliphatic heterocycles. The molecule has 0 saturated heterocycles. The molecule has 0 spiro atoms. The number of carbonyl (C=O) groups is 2. The number of furan rings is 1. The molecule has 164 valence electrons. The van der Waals surface area contributed by atoms with Crippen LogP contribution in [0.3, 0.4) is 0 Å². The Morgan fingerprint density at radius 2 is 2.10 bits per heavy atom. The van der Waals surface area contributed by atoms with E-state index < -0.39 is 31.1 Å². The van der Waals surface area contributed by atoms with E-state index in [4.69, 9.17) is 14.9 Å². The number of fused-ring (bicyclic) bond motifs is 1. The zero-order valence-corrected chi connectivity index (χ0v) is 16.3. The Labute approximate surface area is 174 Å². The number of ether oxygens (including phenoxy) is 2. The number of aromatic nitrogens is 1. The van der Waals surface area contributed by atoms with Gasteiger partial charge in [-0.3, -0.25) is 9.59 Å². The summed E-state index contributed by atoms with van der Waals surface area (Å²) in [6.45, 7) is -2.23. The number of benzene rings is 1. The van der Waals surface area contributed by atoms with Gasteiger partial charge in [0, 0.05) is 11.6 Å². The fourth-order valence-corrected chi connectivity index (χ4v) is 2.89. The largest absolute Gasteiger partial charge is 0.489 e. The molecule has 0 aliphatic rings. The Hall–Kier alpha value is -3.73. The monoisotopic (exact) mass is 435 g/mol. The van der Waals surface area contributed by atoms with E-state index in [1.807, 2.05) is 0 Å². The summed E-state index contributed by atoms with van der Waals surface area (Å²) in [5.74, 6) is -1.19. The second-order valence-electron chi connectivity index (χ2n) is 6.44. The number of amides is 2. The minimum absolute atomic E-state index is 0.117. The summed E-state index contributed by atoms with van der Waals surface area (Å²) in [5, 5.41) is 11.9. The molecular weight excluding hydrogens is 416 g/mol. The van der Waals surface area contributed by atoms with Gasteiger partial charge in [0.05, 0.1) is 17.7 Å². The number of primary amides is 1. The standard InChI is InChI=1S/C20H19F2N3O6/c1-10-16(18(28)25-14(8-26)17(23)27)13-7-12(4-5-15(13)30-10)29-9-11-3-2-6-24-19(11)31-20(21)22/h2-7,14,20,26H,8-9H2,1H3,(H2,23,27)(H,25,28). The lowest BCUT2D eigenvalue weighted by molar-refractivity contribution is -0.120. The van der Waals surface area contributed by atoms with Crippen molar-refractivity contribution in [2.45, 2.75) is 26.2 Å². The number of nitrogens with zero attached hydrogens (tertiary/aromatic N) is 1. The lowest BCUT2D eigenvalue weighted by Crippen LogP contribution is -2.46. The Balaban J connectivity index is 1.84. The van der Waals surface area contributed by atoms with Crippen molar-refractivity contribution in [3.63, 3.8) is 0 Å². The van der Waals surface area contributed by atoms with E-state index in [2.05, 4.69) is 15.0 Å². The number of aliphatic hydroxyl groups is 1. The highest BCUT2D eigenvalue weighted by Crippen LogP contribution is 2.30. The number of halogens is 2. The predicted octanol–water partition coefficient (Wildman–Crippen LogP) is 1.89. The minimum atomic E-state index is -3.02. The Kier molecular flexibility index (Phi) is 6.65. The van der Waals surface area contributed by atoms with Gasteiger partial charge in [-0.15, -0.1) is 0 Å².